The average molecular weight is 415 g/mol. The Morgan fingerprint density at radius 1 is 1.26 bits per heavy atom. The molecule has 1 spiro atoms. The summed E-state index contributed by atoms with van der Waals surface area (Å²) < 4.78 is 1.88. The Balaban J connectivity index is 1.56. The summed E-state index contributed by atoms with van der Waals surface area (Å²) in [6.45, 7) is 2.16. The fourth-order valence-electron chi connectivity index (χ4n) is 5.94. The summed E-state index contributed by atoms with van der Waals surface area (Å²) in [6.07, 6.45) is 8.31. The third kappa shape index (κ3) is 2.46. The lowest BCUT2D eigenvalue weighted by Crippen LogP contribution is -2.62. The molecule has 3 aliphatic heterocycles. The summed E-state index contributed by atoms with van der Waals surface area (Å²) in [5, 5.41) is 20.0. The molecule has 1 aliphatic carbocycles. The van der Waals surface area contributed by atoms with Crippen molar-refractivity contribution in [2.75, 3.05) is 0 Å². The highest BCUT2D eigenvalue weighted by Crippen LogP contribution is 2.53. The maximum absolute atomic E-state index is 13.6. The number of hydrogen-bond donors (Lipinski definition) is 2. The molecule has 31 heavy (non-hydrogen) atoms. The highest BCUT2D eigenvalue weighted by Gasteiger charge is 2.55. The van der Waals surface area contributed by atoms with Gasteiger partial charge in [0.25, 0.3) is 5.91 Å². The average Bonchev–Trinajstić information content (AvgIpc) is 3.40. The van der Waals surface area contributed by atoms with Gasteiger partial charge < -0.3 is 10.6 Å². The first kappa shape index (κ1) is 18.5. The summed E-state index contributed by atoms with van der Waals surface area (Å²) >= 11 is 0. The van der Waals surface area contributed by atoms with Crippen LogP contribution in [0.5, 0.6) is 0 Å². The van der Waals surface area contributed by atoms with E-state index in [9.17, 15) is 4.79 Å². The minimum atomic E-state index is -0.557. The van der Waals surface area contributed by atoms with Crippen LogP contribution in [0.15, 0.2) is 69.8 Å². The van der Waals surface area contributed by atoms with Crippen molar-refractivity contribution in [3.63, 3.8) is 0 Å². The summed E-state index contributed by atoms with van der Waals surface area (Å²) in [6, 6.07) is 10.5. The Kier molecular flexibility index (Phi) is 3.82. The van der Waals surface area contributed by atoms with Crippen LogP contribution in [0.25, 0.3) is 11.3 Å². The van der Waals surface area contributed by atoms with Crippen LogP contribution < -0.4 is 10.6 Å². The highest BCUT2D eigenvalue weighted by molar-refractivity contribution is 6.00. The number of benzene rings is 1. The van der Waals surface area contributed by atoms with E-state index in [2.05, 4.69) is 57.1 Å². The Hall–Kier alpha value is -3.22. The molecule has 0 bridgehead atoms. The second kappa shape index (κ2) is 6.39. The maximum Gasteiger partial charge on any atom is 0.250 e. The molecule has 4 heterocycles. The fraction of sp³-hybridized carbons (Fsp3) is 0.417. The molecule has 1 fully saturated rings. The molecule has 7 heteroatoms. The van der Waals surface area contributed by atoms with E-state index in [1.807, 2.05) is 30.2 Å². The minimum Gasteiger partial charge on any atom is -0.362 e. The number of aromatic nitrogens is 2. The quantitative estimate of drug-likeness (QED) is 0.803. The zero-order valence-electron chi connectivity index (χ0n) is 17.9. The molecule has 0 saturated heterocycles. The Labute approximate surface area is 181 Å². The van der Waals surface area contributed by atoms with Crippen LogP contribution >= 0.6 is 0 Å². The van der Waals surface area contributed by atoms with Gasteiger partial charge in [-0.15, -0.1) is 0 Å². The number of hydrogen-bond acceptors (Lipinski definition) is 5. The maximum atomic E-state index is 13.6. The number of azo groups is 1. The smallest absolute Gasteiger partial charge is 0.250 e. The summed E-state index contributed by atoms with van der Waals surface area (Å²) in [4.78, 5) is 13.6. The van der Waals surface area contributed by atoms with E-state index in [0.29, 0.717) is 0 Å². The van der Waals surface area contributed by atoms with Crippen LogP contribution in [0.4, 0.5) is 0 Å². The van der Waals surface area contributed by atoms with Gasteiger partial charge in [-0.1, -0.05) is 25.1 Å². The van der Waals surface area contributed by atoms with Crippen LogP contribution in [-0.2, 0) is 17.3 Å². The molecule has 1 unspecified atom stereocenters. The predicted molar refractivity (Wildman–Crippen MR) is 117 cm³/mol. The molecule has 0 radical (unpaired) electrons. The molecule has 2 aromatic rings. The van der Waals surface area contributed by atoms with Crippen LogP contribution in [-0.4, -0.2) is 27.4 Å². The normalized spacial score (nSPS) is 27.9. The lowest BCUT2D eigenvalue weighted by atomic mass is 9.60. The predicted octanol–water partition coefficient (Wildman–Crippen LogP) is 3.71. The second-order valence-corrected chi connectivity index (χ2v) is 9.16. The minimum absolute atomic E-state index is 0.0486. The van der Waals surface area contributed by atoms with Gasteiger partial charge in [-0.2, -0.15) is 15.3 Å². The van der Waals surface area contributed by atoms with E-state index >= 15 is 0 Å². The third-order valence-electron chi connectivity index (χ3n) is 7.64. The number of carbonyl (C=O) groups excluding carboxylic acids is 1. The van der Waals surface area contributed by atoms with Crippen LogP contribution in [0.3, 0.4) is 0 Å². The topological polar surface area (TPSA) is 83.7 Å². The van der Waals surface area contributed by atoms with Crippen molar-refractivity contribution in [1.82, 2.24) is 20.4 Å². The third-order valence-corrected chi connectivity index (χ3v) is 7.64. The molecule has 4 aliphatic rings. The fourth-order valence-corrected chi connectivity index (χ4v) is 5.94. The molecule has 1 amide bonds. The standard InChI is InChI=1S/C24H26N6O/c1-3-24(16-7-4-6-15(12-16)19-8-11-26-30(19)2)17-14-25-29-21(17)27-18-13-23(9-5-10-23)28-22(31)20(18)24/h4,6-8,11-12,14,21,27H,3,5,9-10,13H2,1-2H3,(H,28,31)/t21?,24-/m1/s1. The number of nitrogens with one attached hydrogen (secondary N) is 2. The molecule has 7 nitrogen and oxygen atoms in total. The van der Waals surface area contributed by atoms with Gasteiger partial charge in [0, 0.05) is 42.0 Å². The Morgan fingerprint density at radius 3 is 2.84 bits per heavy atom. The van der Waals surface area contributed by atoms with Crippen molar-refractivity contribution in [2.24, 2.45) is 17.3 Å². The largest absolute Gasteiger partial charge is 0.362 e. The van der Waals surface area contributed by atoms with E-state index in [1.165, 1.54) is 6.42 Å². The van der Waals surface area contributed by atoms with Gasteiger partial charge >= 0.3 is 0 Å². The SMILES string of the molecule is CC[C@@]1(c2cccc(-c3ccnn3C)c2)C2=CN=NC2NC2=C1C(=O)NC1(CCC1)C2. The van der Waals surface area contributed by atoms with Gasteiger partial charge in [0.15, 0.2) is 6.17 Å². The monoisotopic (exact) mass is 414 g/mol. The zero-order valence-corrected chi connectivity index (χ0v) is 17.9. The molecule has 1 aromatic heterocycles. The van der Waals surface area contributed by atoms with Crippen molar-refractivity contribution in [3.05, 3.63) is 65.1 Å². The van der Waals surface area contributed by atoms with Crippen LogP contribution in [0, 0.1) is 0 Å². The summed E-state index contributed by atoms with van der Waals surface area (Å²) in [5.74, 6) is 0.0486. The van der Waals surface area contributed by atoms with Crippen molar-refractivity contribution in [1.29, 1.82) is 0 Å². The second-order valence-electron chi connectivity index (χ2n) is 9.16. The van der Waals surface area contributed by atoms with Crippen molar-refractivity contribution in [3.8, 4) is 11.3 Å². The number of rotatable bonds is 3. The molecule has 158 valence electrons. The zero-order chi connectivity index (χ0) is 21.2. The number of fused-ring (bicyclic) bond motifs is 1. The van der Waals surface area contributed by atoms with Crippen molar-refractivity contribution in [2.45, 2.75) is 56.1 Å². The number of carbonyl (C=O) groups is 1. The number of amides is 1. The molecule has 6 rings (SSSR count). The van der Waals surface area contributed by atoms with Gasteiger partial charge in [0.05, 0.1) is 22.9 Å². The van der Waals surface area contributed by atoms with Gasteiger partial charge in [-0.25, -0.2) is 0 Å². The first-order valence-electron chi connectivity index (χ1n) is 11.1. The van der Waals surface area contributed by atoms with Gasteiger partial charge in [0.1, 0.15) is 0 Å². The van der Waals surface area contributed by atoms with Crippen LogP contribution in [0.2, 0.25) is 0 Å². The van der Waals surface area contributed by atoms with E-state index in [4.69, 9.17) is 0 Å². The Morgan fingerprint density at radius 2 is 2.13 bits per heavy atom. The number of aryl methyl sites for hydroxylation is 1. The lowest BCUT2D eigenvalue weighted by molar-refractivity contribution is -0.122. The van der Waals surface area contributed by atoms with Gasteiger partial charge in [-0.3, -0.25) is 9.48 Å². The van der Waals surface area contributed by atoms with E-state index in [1.54, 1.807) is 0 Å². The first-order valence-corrected chi connectivity index (χ1v) is 11.1. The lowest BCUT2D eigenvalue weighted by Gasteiger charge is -2.52. The van der Waals surface area contributed by atoms with E-state index < -0.39 is 5.41 Å². The summed E-state index contributed by atoms with van der Waals surface area (Å²) in [7, 11) is 1.95. The van der Waals surface area contributed by atoms with Gasteiger partial charge in [0.2, 0.25) is 0 Å². The van der Waals surface area contributed by atoms with Gasteiger partial charge in [-0.05, 0) is 43.4 Å². The van der Waals surface area contributed by atoms with Crippen molar-refractivity contribution >= 4 is 5.91 Å². The molecular formula is C24H26N6O. The van der Waals surface area contributed by atoms with E-state index in [0.717, 1.165) is 59.3 Å². The molecule has 2 N–H and O–H groups in total. The van der Waals surface area contributed by atoms with E-state index in [-0.39, 0.29) is 17.6 Å². The molecule has 1 aromatic carbocycles. The van der Waals surface area contributed by atoms with Crippen LogP contribution in [0.1, 0.15) is 44.6 Å². The first-order chi connectivity index (χ1) is 15.1. The Bertz CT molecular complexity index is 1180. The summed E-state index contributed by atoms with van der Waals surface area (Å²) in [5.41, 5.74) is 5.52. The highest BCUT2D eigenvalue weighted by atomic mass is 16.2. The van der Waals surface area contributed by atoms with Crippen molar-refractivity contribution < 1.29 is 4.79 Å². The molecule has 2 atom stereocenters. The molecular weight excluding hydrogens is 388 g/mol. The molecule has 1 saturated carbocycles. The number of nitrogens with zero attached hydrogens (tertiary/aromatic N) is 4.